The van der Waals surface area contributed by atoms with Crippen molar-refractivity contribution in [3.63, 3.8) is 0 Å². The third-order valence-corrected chi connectivity index (χ3v) is 2.75. The second-order valence-corrected chi connectivity index (χ2v) is 4.19. The molecule has 0 bridgehead atoms. The molecule has 1 N–H and O–H groups in total. The summed E-state index contributed by atoms with van der Waals surface area (Å²) in [6.45, 7) is 3.75. The van der Waals surface area contributed by atoms with Crippen molar-refractivity contribution in [2.24, 2.45) is 0 Å². The Balaban J connectivity index is 1.88. The first-order chi connectivity index (χ1) is 9.79. The summed E-state index contributed by atoms with van der Waals surface area (Å²) in [5, 5.41) is 13.4. The van der Waals surface area contributed by atoms with Crippen LogP contribution in [0.1, 0.15) is 18.1 Å². The van der Waals surface area contributed by atoms with E-state index in [1.165, 1.54) is 11.0 Å². The summed E-state index contributed by atoms with van der Waals surface area (Å²) in [5.41, 5.74) is 2.13. The monoisotopic (exact) mass is 275 g/mol. The minimum absolute atomic E-state index is 0.112. The predicted molar refractivity (Wildman–Crippen MR) is 71.4 cm³/mol. The molecule has 106 valence electrons. The number of amides is 1. The van der Waals surface area contributed by atoms with Gasteiger partial charge in [-0.1, -0.05) is 24.3 Å². The van der Waals surface area contributed by atoms with Gasteiger partial charge < -0.3 is 10.1 Å². The smallest absolute Gasteiger partial charge is 0.242 e. The van der Waals surface area contributed by atoms with E-state index in [0.717, 1.165) is 11.1 Å². The van der Waals surface area contributed by atoms with E-state index < -0.39 is 0 Å². The van der Waals surface area contributed by atoms with Crippen LogP contribution in [0.4, 0.5) is 0 Å². The molecule has 1 aromatic heterocycles. The van der Waals surface area contributed by atoms with Gasteiger partial charge in [0.05, 0.1) is 6.61 Å². The number of carbonyl (C=O) groups excluding carboxylic acids is 1. The van der Waals surface area contributed by atoms with Crippen LogP contribution in [0.25, 0.3) is 0 Å². The minimum atomic E-state index is -0.136. The fourth-order valence-electron chi connectivity index (χ4n) is 1.73. The third-order valence-electron chi connectivity index (χ3n) is 2.75. The number of aromatic nitrogens is 4. The number of nitrogens with zero attached hydrogens (tertiary/aromatic N) is 4. The van der Waals surface area contributed by atoms with E-state index >= 15 is 0 Å². The van der Waals surface area contributed by atoms with Crippen LogP contribution in [0, 0.1) is 0 Å². The van der Waals surface area contributed by atoms with Gasteiger partial charge in [-0.15, -0.1) is 5.10 Å². The normalized spacial score (nSPS) is 10.4. The maximum Gasteiger partial charge on any atom is 0.242 e. The zero-order valence-corrected chi connectivity index (χ0v) is 11.3. The molecular weight excluding hydrogens is 258 g/mol. The van der Waals surface area contributed by atoms with Crippen LogP contribution in [0.3, 0.4) is 0 Å². The number of tetrazole rings is 1. The predicted octanol–water partition coefficient (Wildman–Crippen LogP) is 0.526. The van der Waals surface area contributed by atoms with Crippen LogP contribution >= 0.6 is 0 Å². The van der Waals surface area contributed by atoms with Gasteiger partial charge in [0.1, 0.15) is 12.9 Å². The van der Waals surface area contributed by atoms with Crippen LogP contribution in [0.5, 0.6) is 0 Å². The van der Waals surface area contributed by atoms with Gasteiger partial charge >= 0.3 is 0 Å². The Bertz CT molecular complexity index is 541. The number of nitrogens with one attached hydrogen (secondary N) is 1. The third kappa shape index (κ3) is 4.13. The largest absolute Gasteiger partial charge is 0.377 e. The highest BCUT2D eigenvalue weighted by molar-refractivity contribution is 5.75. The first-order valence-electron chi connectivity index (χ1n) is 6.41. The minimum Gasteiger partial charge on any atom is -0.377 e. The average molecular weight is 275 g/mol. The van der Waals surface area contributed by atoms with E-state index in [9.17, 15) is 4.79 Å². The molecular formula is C13H17N5O2. The molecule has 20 heavy (non-hydrogen) atoms. The van der Waals surface area contributed by atoms with E-state index in [2.05, 4.69) is 20.8 Å². The van der Waals surface area contributed by atoms with Gasteiger partial charge in [-0.25, -0.2) is 4.68 Å². The van der Waals surface area contributed by atoms with Gasteiger partial charge in [0.15, 0.2) is 0 Å². The molecule has 2 rings (SSSR count). The fraction of sp³-hybridized carbons (Fsp3) is 0.385. The quantitative estimate of drug-likeness (QED) is 0.797. The maximum atomic E-state index is 11.8. The zero-order chi connectivity index (χ0) is 14.2. The molecule has 0 radical (unpaired) electrons. The lowest BCUT2D eigenvalue weighted by atomic mass is 10.1. The molecule has 2 aromatic rings. The summed E-state index contributed by atoms with van der Waals surface area (Å²) in [5.74, 6) is -0.136. The Labute approximate surface area is 116 Å². The molecule has 0 saturated heterocycles. The molecule has 0 atom stereocenters. The molecule has 1 amide bonds. The van der Waals surface area contributed by atoms with Gasteiger partial charge in [0.2, 0.25) is 5.91 Å². The maximum absolute atomic E-state index is 11.8. The van der Waals surface area contributed by atoms with Gasteiger partial charge in [-0.3, -0.25) is 4.79 Å². The average Bonchev–Trinajstić information content (AvgIpc) is 2.96. The van der Waals surface area contributed by atoms with E-state index in [0.29, 0.717) is 19.8 Å². The first kappa shape index (κ1) is 14.1. The SMILES string of the molecule is CCOCc1ccccc1CNC(=O)Cn1cnnn1. The van der Waals surface area contributed by atoms with Crippen LogP contribution < -0.4 is 5.32 Å². The Morgan fingerprint density at radius 2 is 2.15 bits per heavy atom. The molecule has 7 heteroatoms. The Kier molecular flexibility index (Phi) is 5.19. The lowest BCUT2D eigenvalue weighted by molar-refractivity contribution is -0.122. The van der Waals surface area contributed by atoms with Crippen molar-refractivity contribution in [2.45, 2.75) is 26.6 Å². The molecule has 1 heterocycles. The van der Waals surface area contributed by atoms with Crippen molar-refractivity contribution in [3.05, 3.63) is 41.7 Å². The van der Waals surface area contributed by atoms with E-state index in [1.54, 1.807) is 0 Å². The molecule has 0 aliphatic rings. The van der Waals surface area contributed by atoms with Gasteiger partial charge in [0, 0.05) is 13.2 Å². The zero-order valence-electron chi connectivity index (χ0n) is 11.3. The second kappa shape index (κ2) is 7.34. The highest BCUT2D eigenvalue weighted by Crippen LogP contribution is 2.09. The van der Waals surface area contributed by atoms with Crippen molar-refractivity contribution < 1.29 is 9.53 Å². The second-order valence-electron chi connectivity index (χ2n) is 4.19. The standard InChI is InChI=1S/C13H17N5O2/c1-2-20-9-12-6-4-3-5-11(12)7-14-13(19)8-18-10-15-16-17-18/h3-6,10H,2,7-9H2,1H3,(H,14,19). The van der Waals surface area contributed by atoms with Crippen LogP contribution in [-0.2, 0) is 29.2 Å². The highest BCUT2D eigenvalue weighted by atomic mass is 16.5. The summed E-state index contributed by atoms with van der Waals surface area (Å²) in [6, 6.07) is 7.88. The summed E-state index contributed by atoms with van der Waals surface area (Å²) < 4.78 is 6.79. The van der Waals surface area contributed by atoms with Crippen molar-refractivity contribution in [1.29, 1.82) is 0 Å². The van der Waals surface area contributed by atoms with Crippen molar-refractivity contribution >= 4 is 5.91 Å². The molecule has 0 fully saturated rings. The van der Waals surface area contributed by atoms with E-state index in [-0.39, 0.29) is 12.5 Å². The lowest BCUT2D eigenvalue weighted by Crippen LogP contribution is -2.27. The first-order valence-corrected chi connectivity index (χ1v) is 6.41. The van der Waals surface area contributed by atoms with Crippen LogP contribution in [0.2, 0.25) is 0 Å². The summed E-state index contributed by atoms with van der Waals surface area (Å²) >= 11 is 0. The molecule has 0 aliphatic carbocycles. The summed E-state index contributed by atoms with van der Waals surface area (Å²) in [4.78, 5) is 11.8. The van der Waals surface area contributed by atoms with Crippen LogP contribution in [0.15, 0.2) is 30.6 Å². The molecule has 0 unspecified atom stereocenters. The van der Waals surface area contributed by atoms with Crippen molar-refractivity contribution in [3.8, 4) is 0 Å². The lowest BCUT2D eigenvalue weighted by Gasteiger charge is -2.10. The number of benzene rings is 1. The van der Waals surface area contributed by atoms with Crippen molar-refractivity contribution in [2.75, 3.05) is 6.61 Å². The van der Waals surface area contributed by atoms with E-state index in [4.69, 9.17) is 4.74 Å². The Hall–Kier alpha value is -2.28. The summed E-state index contributed by atoms with van der Waals surface area (Å²) in [7, 11) is 0. The molecule has 7 nitrogen and oxygen atoms in total. The Morgan fingerprint density at radius 1 is 1.35 bits per heavy atom. The van der Waals surface area contributed by atoms with Crippen molar-refractivity contribution in [1.82, 2.24) is 25.5 Å². The van der Waals surface area contributed by atoms with Gasteiger partial charge in [0.25, 0.3) is 0 Å². The van der Waals surface area contributed by atoms with Gasteiger partial charge in [-0.2, -0.15) is 0 Å². The fourth-order valence-corrected chi connectivity index (χ4v) is 1.73. The van der Waals surface area contributed by atoms with Crippen LogP contribution in [-0.4, -0.2) is 32.7 Å². The Morgan fingerprint density at radius 3 is 2.85 bits per heavy atom. The summed E-state index contributed by atoms with van der Waals surface area (Å²) in [6.07, 6.45) is 1.41. The molecule has 0 aliphatic heterocycles. The molecule has 1 aromatic carbocycles. The molecule has 0 spiro atoms. The number of hydrogen-bond acceptors (Lipinski definition) is 5. The van der Waals surface area contributed by atoms with E-state index in [1.807, 2.05) is 31.2 Å². The number of ether oxygens (including phenoxy) is 1. The molecule has 0 saturated carbocycles. The highest BCUT2D eigenvalue weighted by Gasteiger charge is 2.06. The number of carbonyl (C=O) groups is 1. The topological polar surface area (TPSA) is 81.9 Å². The number of hydrogen-bond donors (Lipinski definition) is 1. The number of rotatable bonds is 7. The van der Waals surface area contributed by atoms with Gasteiger partial charge in [-0.05, 0) is 28.5 Å².